The van der Waals surface area contributed by atoms with E-state index in [0.717, 1.165) is 43.3 Å². The molecule has 0 amide bonds. The highest BCUT2D eigenvalue weighted by Gasteiger charge is 2.27. The first-order chi connectivity index (χ1) is 11.6. The lowest BCUT2D eigenvalue weighted by Gasteiger charge is -2.15. The minimum absolute atomic E-state index is 0.150. The maximum Gasteiger partial charge on any atom is 0.224 e. The van der Waals surface area contributed by atoms with E-state index in [1.165, 1.54) is 0 Å². The van der Waals surface area contributed by atoms with Crippen LogP contribution < -0.4 is 11.5 Å². The van der Waals surface area contributed by atoms with Gasteiger partial charge in [-0.15, -0.1) is 0 Å². The molecule has 3 aromatic rings. The van der Waals surface area contributed by atoms with Gasteiger partial charge in [0.25, 0.3) is 0 Å². The maximum absolute atomic E-state index is 5.89. The van der Waals surface area contributed by atoms with Crippen LogP contribution >= 0.6 is 0 Å². The average Bonchev–Trinajstić information content (AvgIpc) is 3.14. The van der Waals surface area contributed by atoms with Crippen molar-refractivity contribution in [2.45, 2.75) is 25.8 Å². The van der Waals surface area contributed by atoms with Gasteiger partial charge >= 0.3 is 0 Å². The largest absolute Gasteiger partial charge is 0.382 e. The summed E-state index contributed by atoms with van der Waals surface area (Å²) in [4.78, 5) is 22.9. The Morgan fingerprint density at radius 1 is 1.21 bits per heavy atom. The van der Waals surface area contributed by atoms with Crippen LogP contribution in [-0.2, 0) is 6.54 Å². The Bertz CT molecular complexity index is 887. The minimum Gasteiger partial charge on any atom is -0.382 e. The van der Waals surface area contributed by atoms with Crippen molar-refractivity contribution in [1.82, 2.24) is 29.8 Å². The van der Waals surface area contributed by atoms with Gasteiger partial charge in [0.2, 0.25) is 5.95 Å². The predicted molar refractivity (Wildman–Crippen MR) is 92.1 cm³/mol. The summed E-state index contributed by atoms with van der Waals surface area (Å²) in [5.41, 5.74) is 14.9. The van der Waals surface area contributed by atoms with E-state index in [4.69, 9.17) is 11.5 Å². The number of aromatic amines is 1. The van der Waals surface area contributed by atoms with Gasteiger partial charge in [0, 0.05) is 24.7 Å². The summed E-state index contributed by atoms with van der Waals surface area (Å²) < 4.78 is 0. The molecule has 124 valence electrons. The number of pyridine rings is 1. The second kappa shape index (κ2) is 5.72. The fraction of sp³-hybridized carbons (Fsp3) is 0.375. The smallest absolute Gasteiger partial charge is 0.224 e. The van der Waals surface area contributed by atoms with E-state index in [2.05, 4.69) is 42.0 Å². The van der Waals surface area contributed by atoms with Gasteiger partial charge in [0.1, 0.15) is 11.3 Å². The van der Waals surface area contributed by atoms with Gasteiger partial charge in [-0.05, 0) is 32.0 Å². The molecule has 4 rings (SSSR count). The zero-order chi connectivity index (χ0) is 16.7. The molecule has 1 atom stereocenters. The second-order valence-electron chi connectivity index (χ2n) is 6.28. The number of aryl methyl sites for hydroxylation is 1. The van der Waals surface area contributed by atoms with Crippen LogP contribution in [0.1, 0.15) is 29.6 Å². The molecule has 0 radical (unpaired) electrons. The van der Waals surface area contributed by atoms with Crippen molar-refractivity contribution in [2.24, 2.45) is 0 Å². The standard InChI is InChI=1S/C16H20N8/c1-9-3-2-4-11(19-9)8-24-6-5-10(7-24)14-20-12-13(17)21-16(18)23-15(12)22-14/h2-4,10H,5-8H2,1H3,(H5,17,18,20,21,22,23). The summed E-state index contributed by atoms with van der Waals surface area (Å²) in [7, 11) is 0. The quantitative estimate of drug-likeness (QED) is 0.661. The van der Waals surface area contributed by atoms with Gasteiger partial charge in [-0.2, -0.15) is 9.97 Å². The van der Waals surface area contributed by atoms with Crippen LogP contribution in [0.25, 0.3) is 11.2 Å². The van der Waals surface area contributed by atoms with Crippen LogP contribution in [0.3, 0.4) is 0 Å². The van der Waals surface area contributed by atoms with Gasteiger partial charge < -0.3 is 16.5 Å². The molecule has 8 heteroatoms. The number of nitrogens with one attached hydrogen (secondary N) is 1. The normalized spacial score (nSPS) is 18.5. The molecule has 1 fully saturated rings. The number of H-pyrrole nitrogens is 1. The molecule has 4 heterocycles. The second-order valence-corrected chi connectivity index (χ2v) is 6.28. The van der Waals surface area contributed by atoms with Crippen molar-refractivity contribution < 1.29 is 0 Å². The number of rotatable bonds is 3. The predicted octanol–water partition coefficient (Wildman–Crippen LogP) is 1.21. The van der Waals surface area contributed by atoms with Crippen LogP contribution in [0, 0.1) is 6.92 Å². The first kappa shape index (κ1) is 14.8. The van der Waals surface area contributed by atoms with Crippen molar-refractivity contribution in [3.63, 3.8) is 0 Å². The lowest BCUT2D eigenvalue weighted by molar-refractivity contribution is 0.321. The van der Waals surface area contributed by atoms with Gasteiger partial charge in [-0.3, -0.25) is 9.88 Å². The van der Waals surface area contributed by atoms with Gasteiger partial charge in [0.05, 0.1) is 5.69 Å². The first-order valence-corrected chi connectivity index (χ1v) is 8.02. The average molecular weight is 324 g/mol. The number of nitrogens with zero attached hydrogens (tertiary/aromatic N) is 5. The Labute approximate surface area is 139 Å². The van der Waals surface area contributed by atoms with Crippen molar-refractivity contribution >= 4 is 22.9 Å². The number of aromatic nitrogens is 5. The third-order valence-corrected chi connectivity index (χ3v) is 4.41. The lowest BCUT2D eigenvalue weighted by atomic mass is 10.1. The van der Waals surface area contributed by atoms with Gasteiger partial charge in [0.15, 0.2) is 11.5 Å². The Morgan fingerprint density at radius 2 is 2.08 bits per heavy atom. The van der Waals surface area contributed by atoms with Gasteiger partial charge in [-0.25, -0.2) is 4.98 Å². The van der Waals surface area contributed by atoms with E-state index in [1.807, 2.05) is 13.0 Å². The summed E-state index contributed by atoms with van der Waals surface area (Å²) in [5.74, 6) is 1.72. The highest BCUT2D eigenvalue weighted by atomic mass is 15.2. The van der Waals surface area contributed by atoms with Crippen molar-refractivity contribution in [1.29, 1.82) is 0 Å². The maximum atomic E-state index is 5.89. The zero-order valence-corrected chi connectivity index (χ0v) is 13.5. The summed E-state index contributed by atoms with van der Waals surface area (Å²) in [6.07, 6.45) is 1.04. The molecule has 24 heavy (non-hydrogen) atoms. The highest BCUT2D eigenvalue weighted by molar-refractivity contribution is 5.82. The van der Waals surface area contributed by atoms with Crippen molar-refractivity contribution in [2.75, 3.05) is 24.6 Å². The van der Waals surface area contributed by atoms with E-state index < -0.39 is 0 Å². The molecule has 1 unspecified atom stereocenters. The van der Waals surface area contributed by atoms with Crippen LogP contribution in [0.5, 0.6) is 0 Å². The SMILES string of the molecule is Cc1cccc(CN2CCC(c3nc4nc(N)nc(N)c4[nH]3)C2)n1. The van der Waals surface area contributed by atoms with E-state index >= 15 is 0 Å². The Morgan fingerprint density at radius 3 is 2.92 bits per heavy atom. The Hall–Kier alpha value is -2.74. The fourth-order valence-electron chi connectivity index (χ4n) is 3.26. The molecular weight excluding hydrogens is 304 g/mol. The number of hydrogen-bond donors (Lipinski definition) is 3. The van der Waals surface area contributed by atoms with Crippen molar-refractivity contribution in [3.05, 3.63) is 35.4 Å². The number of nitrogens with two attached hydrogens (primary N) is 2. The molecule has 1 aliphatic rings. The molecule has 0 spiro atoms. The number of likely N-dealkylation sites (tertiary alicyclic amines) is 1. The molecule has 3 aromatic heterocycles. The highest BCUT2D eigenvalue weighted by Crippen LogP contribution is 2.28. The Balaban J connectivity index is 1.51. The van der Waals surface area contributed by atoms with E-state index in [9.17, 15) is 0 Å². The zero-order valence-electron chi connectivity index (χ0n) is 13.5. The molecule has 1 aliphatic heterocycles. The van der Waals surface area contributed by atoms with Crippen LogP contribution in [0.2, 0.25) is 0 Å². The summed E-state index contributed by atoms with van der Waals surface area (Å²) in [6, 6.07) is 6.14. The molecule has 0 saturated carbocycles. The van der Waals surface area contributed by atoms with Crippen LogP contribution in [0.4, 0.5) is 11.8 Å². The molecule has 0 aliphatic carbocycles. The number of hydrogen-bond acceptors (Lipinski definition) is 7. The van der Waals surface area contributed by atoms with E-state index in [1.54, 1.807) is 0 Å². The molecular formula is C16H20N8. The van der Waals surface area contributed by atoms with Gasteiger partial charge in [-0.1, -0.05) is 6.07 Å². The third kappa shape index (κ3) is 2.76. The third-order valence-electron chi connectivity index (χ3n) is 4.41. The minimum atomic E-state index is 0.150. The summed E-state index contributed by atoms with van der Waals surface area (Å²) >= 11 is 0. The van der Waals surface area contributed by atoms with Crippen LogP contribution in [-0.4, -0.2) is 42.9 Å². The fourth-order valence-corrected chi connectivity index (χ4v) is 3.26. The number of imidazole rings is 1. The number of anilines is 2. The summed E-state index contributed by atoms with van der Waals surface area (Å²) in [6.45, 7) is 4.81. The van der Waals surface area contributed by atoms with Crippen LogP contribution in [0.15, 0.2) is 18.2 Å². The lowest BCUT2D eigenvalue weighted by Crippen LogP contribution is -2.20. The summed E-state index contributed by atoms with van der Waals surface area (Å²) in [5, 5.41) is 0. The monoisotopic (exact) mass is 324 g/mol. The molecule has 1 saturated heterocycles. The molecule has 0 aromatic carbocycles. The molecule has 8 nitrogen and oxygen atoms in total. The molecule has 5 N–H and O–H groups in total. The Kier molecular flexibility index (Phi) is 3.53. The first-order valence-electron chi connectivity index (χ1n) is 8.02. The molecule has 0 bridgehead atoms. The topological polar surface area (TPSA) is 123 Å². The number of nitrogen functional groups attached to an aromatic ring is 2. The van der Waals surface area contributed by atoms with E-state index in [0.29, 0.717) is 22.9 Å². The number of fused-ring (bicyclic) bond motifs is 1. The van der Waals surface area contributed by atoms with E-state index in [-0.39, 0.29) is 5.95 Å². The van der Waals surface area contributed by atoms with Crippen molar-refractivity contribution in [3.8, 4) is 0 Å².